The van der Waals surface area contributed by atoms with Crippen molar-refractivity contribution in [2.75, 3.05) is 13.2 Å². The molecule has 0 bridgehead atoms. The van der Waals surface area contributed by atoms with Crippen LogP contribution in [0.5, 0.6) is 0 Å². The van der Waals surface area contributed by atoms with Crippen molar-refractivity contribution in [1.29, 1.82) is 0 Å². The van der Waals surface area contributed by atoms with Crippen LogP contribution in [0.1, 0.15) is 85.0 Å². The molecule has 0 saturated heterocycles. The number of carbonyl (C=O) groups is 5. The number of hydrogen-bond donors (Lipinski definition) is 3. The Hall–Kier alpha value is -0.720. The van der Waals surface area contributed by atoms with Gasteiger partial charge < -0.3 is 25.0 Å². The summed E-state index contributed by atoms with van der Waals surface area (Å²) in [7, 11) is 0. The van der Waals surface area contributed by atoms with Crippen molar-refractivity contribution in [1.82, 2.24) is 5.32 Å². The van der Waals surface area contributed by atoms with Gasteiger partial charge in [0.15, 0.2) is 0 Å². The number of carbonyl (C=O) groups excluding carboxylic acids is 3. The van der Waals surface area contributed by atoms with Crippen molar-refractivity contribution < 1.29 is 43.7 Å². The van der Waals surface area contributed by atoms with Gasteiger partial charge in [-0.25, -0.2) is 0 Å². The average Bonchev–Trinajstić information content (AvgIpc) is 2.85. The van der Waals surface area contributed by atoms with E-state index in [1.807, 2.05) is 67.8 Å². The summed E-state index contributed by atoms with van der Waals surface area (Å²) in [4.78, 5) is 61.6. The summed E-state index contributed by atoms with van der Waals surface area (Å²) < 4.78 is 8.81. The normalized spacial score (nSPS) is 24.7. The van der Waals surface area contributed by atoms with Crippen LogP contribution >= 0.6 is 67.8 Å². The fourth-order valence-corrected chi connectivity index (χ4v) is 11.3. The van der Waals surface area contributed by atoms with E-state index in [1.165, 1.54) is 6.92 Å². The molecule has 0 aromatic carbocycles. The van der Waals surface area contributed by atoms with E-state index in [4.69, 9.17) is 9.47 Å². The molecular weight excluding hydrogens is 851 g/mol. The van der Waals surface area contributed by atoms with Gasteiger partial charge in [0.2, 0.25) is 5.91 Å². The van der Waals surface area contributed by atoms with Crippen LogP contribution in [0.2, 0.25) is 0 Å². The number of carboxylic acid groups (broad SMARTS) is 2. The minimum atomic E-state index is -1.55. The standard InChI is InChI=1S/C26H38I3NO9/c1-4-38-17(32)12-8-6-10-14-25(23(34)35)20(27)19(30-16(3)31)21(28)26(22(25)29,24(36)37)15-11-7-9-13-18(33)39-5-2/h20,22H,4-15H2,1-3H3,(H,30,31)(H,34,35)(H,36,37). The van der Waals surface area contributed by atoms with Gasteiger partial charge in [-0.1, -0.05) is 70.9 Å². The molecule has 10 nitrogen and oxygen atoms in total. The fraction of sp³-hybridized carbons (Fsp3) is 0.731. The summed E-state index contributed by atoms with van der Waals surface area (Å²) in [6, 6.07) is 0. The Labute approximate surface area is 270 Å². The molecule has 1 aliphatic carbocycles. The van der Waals surface area contributed by atoms with E-state index in [0.29, 0.717) is 61.0 Å². The molecule has 39 heavy (non-hydrogen) atoms. The molecule has 1 aliphatic rings. The second kappa shape index (κ2) is 17.3. The lowest BCUT2D eigenvalue weighted by Crippen LogP contribution is -2.61. The molecule has 4 unspecified atom stereocenters. The zero-order chi connectivity index (χ0) is 29.8. The average molecular weight is 889 g/mol. The number of carboxylic acids is 2. The molecule has 13 heteroatoms. The first-order valence-corrected chi connectivity index (χ1v) is 16.6. The quantitative estimate of drug-likeness (QED) is 0.0737. The molecule has 1 amide bonds. The van der Waals surface area contributed by atoms with Crippen molar-refractivity contribution in [3.63, 3.8) is 0 Å². The van der Waals surface area contributed by atoms with E-state index in [0.717, 1.165) is 0 Å². The molecule has 0 radical (unpaired) electrons. The van der Waals surface area contributed by atoms with Crippen molar-refractivity contribution in [2.24, 2.45) is 10.8 Å². The van der Waals surface area contributed by atoms with Crippen molar-refractivity contribution in [3.8, 4) is 0 Å². The third-order valence-electron chi connectivity index (χ3n) is 6.84. The van der Waals surface area contributed by atoms with E-state index in [-0.39, 0.29) is 37.6 Å². The summed E-state index contributed by atoms with van der Waals surface area (Å²) in [5.41, 5.74) is -2.71. The summed E-state index contributed by atoms with van der Waals surface area (Å²) in [6.07, 6.45) is 3.90. The van der Waals surface area contributed by atoms with E-state index in [2.05, 4.69) is 5.32 Å². The second-order valence-corrected chi connectivity index (χ2v) is 13.1. The summed E-state index contributed by atoms with van der Waals surface area (Å²) in [5, 5.41) is 24.0. The molecule has 0 aromatic rings. The Balaban J connectivity index is 3.34. The predicted molar refractivity (Wildman–Crippen MR) is 170 cm³/mol. The van der Waals surface area contributed by atoms with Gasteiger partial charge in [0.1, 0.15) is 5.41 Å². The number of amides is 1. The minimum absolute atomic E-state index is 0.154. The summed E-state index contributed by atoms with van der Waals surface area (Å²) >= 11 is 5.97. The molecule has 0 aliphatic heterocycles. The topological polar surface area (TPSA) is 156 Å². The lowest BCUT2D eigenvalue weighted by atomic mass is 9.60. The first-order valence-electron chi connectivity index (χ1n) is 13.1. The summed E-state index contributed by atoms with van der Waals surface area (Å²) in [5.74, 6) is -3.28. The molecule has 1 rings (SSSR count). The second-order valence-electron chi connectivity index (χ2n) is 9.49. The highest BCUT2D eigenvalue weighted by molar-refractivity contribution is 14.1. The van der Waals surface area contributed by atoms with Crippen LogP contribution in [0, 0.1) is 10.8 Å². The van der Waals surface area contributed by atoms with Crippen molar-refractivity contribution >= 4 is 97.6 Å². The van der Waals surface area contributed by atoms with E-state index in [1.54, 1.807) is 13.8 Å². The number of rotatable bonds is 17. The highest BCUT2D eigenvalue weighted by atomic mass is 127. The monoisotopic (exact) mass is 889 g/mol. The molecule has 4 atom stereocenters. The Morgan fingerprint density at radius 3 is 1.72 bits per heavy atom. The zero-order valence-corrected chi connectivity index (χ0v) is 29.0. The van der Waals surface area contributed by atoms with E-state index >= 15 is 0 Å². The first-order chi connectivity index (χ1) is 18.3. The van der Waals surface area contributed by atoms with E-state index < -0.39 is 36.5 Å². The number of ether oxygens (including phenoxy) is 2. The van der Waals surface area contributed by atoms with Gasteiger partial charge >= 0.3 is 23.9 Å². The lowest BCUT2D eigenvalue weighted by Gasteiger charge is -2.51. The number of esters is 2. The lowest BCUT2D eigenvalue weighted by molar-refractivity contribution is -0.156. The molecule has 3 N–H and O–H groups in total. The smallest absolute Gasteiger partial charge is 0.315 e. The van der Waals surface area contributed by atoms with Gasteiger partial charge in [0.25, 0.3) is 0 Å². The number of alkyl halides is 2. The SMILES string of the molecule is CCOC(=O)CCCCCC1(C(=O)O)C(I)=C(NC(C)=O)C(I)C(CCCCCC(=O)OCC)(C(=O)O)C1I. The summed E-state index contributed by atoms with van der Waals surface area (Å²) in [6.45, 7) is 5.37. The van der Waals surface area contributed by atoms with Crippen LogP contribution < -0.4 is 5.32 Å². The van der Waals surface area contributed by atoms with E-state index in [9.17, 15) is 34.2 Å². The largest absolute Gasteiger partial charge is 0.481 e. The van der Waals surface area contributed by atoms with Crippen LogP contribution in [-0.2, 0) is 33.4 Å². The van der Waals surface area contributed by atoms with Crippen LogP contribution in [0.3, 0.4) is 0 Å². The van der Waals surface area contributed by atoms with Gasteiger partial charge in [0.05, 0.1) is 22.6 Å². The maximum Gasteiger partial charge on any atom is 0.315 e. The van der Waals surface area contributed by atoms with Crippen molar-refractivity contribution in [2.45, 2.75) is 92.8 Å². The number of unbranched alkanes of at least 4 members (excludes halogenated alkanes) is 4. The number of halogens is 3. The molecule has 0 spiro atoms. The maximum atomic E-state index is 13.0. The Kier molecular flexibility index (Phi) is 16.1. The Morgan fingerprint density at radius 1 is 0.821 bits per heavy atom. The number of allylic oxidation sites excluding steroid dienone is 1. The van der Waals surface area contributed by atoms with Crippen LogP contribution in [-0.4, -0.2) is 61.1 Å². The van der Waals surface area contributed by atoms with Crippen LogP contribution in [0.4, 0.5) is 0 Å². The predicted octanol–water partition coefficient (Wildman–Crippen LogP) is 5.56. The molecule has 222 valence electrons. The number of aliphatic carboxylic acids is 2. The van der Waals surface area contributed by atoms with Gasteiger partial charge in [0, 0.05) is 33.0 Å². The minimum Gasteiger partial charge on any atom is -0.481 e. The highest BCUT2D eigenvalue weighted by Crippen LogP contribution is 2.61. The molecule has 0 saturated carbocycles. The van der Waals surface area contributed by atoms with Gasteiger partial charge in [-0.15, -0.1) is 0 Å². The van der Waals surface area contributed by atoms with Gasteiger partial charge in [-0.2, -0.15) is 0 Å². The third-order valence-corrected chi connectivity index (χ3v) is 12.3. The third kappa shape index (κ3) is 9.13. The number of hydrogen-bond acceptors (Lipinski definition) is 7. The van der Waals surface area contributed by atoms with Crippen molar-refractivity contribution in [3.05, 3.63) is 9.28 Å². The molecule has 0 fully saturated rings. The highest BCUT2D eigenvalue weighted by Gasteiger charge is 2.66. The molecular formula is C26H38I3NO9. The first kappa shape index (κ1) is 36.3. The van der Waals surface area contributed by atoms with Gasteiger partial charge in [-0.05, 0) is 62.1 Å². The van der Waals surface area contributed by atoms with Gasteiger partial charge in [-0.3, -0.25) is 24.0 Å². The van der Waals surface area contributed by atoms with Crippen LogP contribution in [0.15, 0.2) is 9.28 Å². The molecule has 0 heterocycles. The maximum absolute atomic E-state index is 13.0. The number of nitrogens with one attached hydrogen (secondary N) is 1. The fourth-order valence-electron chi connectivity index (χ4n) is 4.90. The molecule has 0 aromatic heterocycles. The van der Waals surface area contributed by atoms with Crippen LogP contribution in [0.25, 0.3) is 0 Å². The Bertz CT molecular complexity index is 942. The zero-order valence-electron chi connectivity index (χ0n) is 22.5. The Morgan fingerprint density at radius 2 is 1.31 bits per heavy atom.